The lowest BCUT2D eigenvalue weighted by molar-refractivity contribution is -0.141. The van der Waals surface area contributed by atoms with Crippen molar-refractivity contribution in [3.8, 4) is 39.9 Å². The smallest absolute Gasteiger partial charge is 0.352 e. The average Bonchev–Trinajstić information content (AvgIpc) is 3.17. The van der Waals surface area contributed by atoms with Crippen LogP contribution in [-0.4, -0.2) is 44.3 Å². The maximum atomic E-state index is 12.8. The van der Waals surface area contributed by atoms with Crippen LogP contribution in [0.4, 0.5) is 0 Å². The Labute approximate surface area is 306 Å². The molecule has 0 spiro atoms. The minimum atomic E-state index is -0.802. The Morgan fingerprint density at radius 1 is 0.577 bits per heavy atom. The number of esters is 3. The van der Waals surface area contributed by atoms with Gasteiger partial charge in [-0.3, -0.25) is 0 Å². The zero-order valence-corrected chi connectivity index (χ0v) is 30.1. The molecular formula is C43H48O9. The summed E-state index contributed by atoms with van der Waals surface area (Å²) < 4.78 is 32.7. The van der Waals surface area contributed by atoms with Crippen molar-refractivity contribution in [1.29, 1.82) is 0 Å². The number of carbonyl (C=O) groups is 3. The number of carbonyl (C=O) groups excluding carboxylic acids is 3. The molecular weight excluding hydrogens is 660 g/mol. The minimum Gasteiger partial charge on any atom is -0.497 e. The van der Waals surface area contributed by atoms with E-state index in [1.165, 1.54) is 31.8 Å². The SMILES string of the molecule is C=CC(=O)OCCCCCCCCCCCOc1ccc(C(=O)Oc2ccc(-c3ccc(OC(=O)C(C)Oc4ccc(OC)cc4)cc3)cc2)cc1. The van der Waals surface area contributed by atoms with Crippen LogP contribution in [-0.2, 0) is 14.3 Å². The molecule has 0 amide bonds. The summed E-state index contributed by atoms with van der Waals surface area (Å²) in [6.45, 7) is 6.12. The normalized spacial score (nSPS) is 11.2. The molecule has 0 aliphatic carbocycles. The molecule has 1 unspecified atom stereocenters. The van der Waals surface area contributed by atoms with Gasteiger partial charge in [0.25, 0.3) is 0 Å². The molecule has 0 aliphatic heterocycles. The molecule has 52 heavy (non-hydrogen) atoms. The van der Waals surface area contributed by atoms with Crippen molar-refractivity contribution in [3.05, 3.63) is 115 Å². The van der Waals surface area contributed by atoms with Gasteiger partial charge < -0.3 is 28.4 Å². The molecule has 0 aromatic heterocycles. The first kappa shape index (κ1) is 39.2. The van der Waals surface area contributed by atoms with Crippen LogP contribution in [0.15, 0.2) is 110 Å². The van der Waals surface area contributed by atoms with Gasteiger partial charge in [0.05, 0.1) is 25.9 Å². The Balaban J connectivity index is 1.10. The predicted octanol–water partition coefficient (Wildman–Crippen LogP) is 9.57. The van der Waals surface area contributed by atoms with Crippen LogP contribution >= 0.6 is 0 Å². The molecule has 4 aromatic carbocycles. The van der Waals surface area contributed by atoms with E-state index in [9.17, 15) is 14.4 Å². The first-order valence-corrected chi connectivity index (χ1v) is 17.8. The van der Waals surface area contributed by atoms with Crippen LogP contribution in [0.1, 0.15) is 75.1 Å². The Morgan fingerprint density at radius 3 is 1.58 bits per heavy atom. The molecule has 0 saturated carbocycles. The molecule has 0 radical (unpaired) electrons. The summed E-state index contributed by atoms with van der Waals surface area (Å²) in [5, 5.41) is 0. The first-order chi connectivity index (χ1) is 25.3. The van der Waals surface area contributed by atoms with Crippen molar-refractivity contribution in [1.82, 2.24) is 0 Å². The second-order valence-electron chi connectivity index (χ2n) is 12.2. The minimum absolute atomic E-state index is 0.352. The largest absolute Gasteiger partial charge is 0.497 e. The number of hydrogen-bond acceptors (Lipinski definition) is 9. The summed E-state index contributed by atoms with van der Waals surface area (Å²) in [6, 6.07) is 28.3. The van der Waals surface area contributed by atoms with E-state index in [2.05, 4.69) is 6.58 Å². The Morgan fingerprint density at radius 2 is 1.04 bits per heavy atom. The lowest BCUT2D eigenvalue weighted by Gasteiger charge is -2.14. The zero-order chi connectivity index (χ0) is 37.0. The first-order valence-electron chi connectivity index (χ1n) is 17.8. The van der Waals surface area contributed by atoms with Crippen LogP contribution in [0.25, 0.3) is 11.1 Å². The summed E-state index contributed by atoms with van der Waals surface area (Å²) in [5.41, 5.74) is 2.25. The van der Waals surface area contributed by atoms with Gasteiger partial charge in [-0.25, -0.2) is 14.4 Å². The monoisotopic (exact) mass is 708 g/mol. The summed E-state index contributed by atoms with van der Waals surface area (Å²) in [7, 11) is 1.58. The average molecular weight is 709 g/mol. The lowest BCUT2D eigenvalue weighted by atomic mass is 10.1. The van der Waals surface area contributed by atoms with Crippen LogP contribution in [0.2, 0.25) is 0 Å². The molecule has 0 heterocycles. The zero-order valence-electron chi connectivity index (χ0n) is 30.1. The van der Waals surface area contributed by atoms with Crippen LogP contribution in [0.3, 0.4) is 0 Å². The van der Waals surface area contributed by atoms with Gasteiger partial charge >= 0.3 is 17.9 Å². The highest BCUT2D eigenvalue weighted by atomic mass is 16.6. The molecule has 0 aliphatic rings. The van der Waals surface area contributed by atoms with Crippen LogP contribution in [0, 0.1) is 0 Å². The number of unbranched alkanes of at least 4 members (excludes halogenated alkanes) is 8. The summed E-state index contributed by atoms with van der Waals surface area (Å²) >= 11 is 0. The van der Waals surface area contributed by atoms with Gasteiger partial charge in [0.2, 0.25) is 0 Å². The van der Waals surface area contributed by atoms with Crippen LogP contribution < -0.4 is 23.7 Å². The lowest BCUT2D eigenvalue weighted by Crippen LogP contribution is -2.28. The molecule has 274 valence electrons. The van der Waals surface area contributed by atoms with Crippen LogP contribution in [0.5, 0.6) is 28.7 Å². The molecule has 0 saturated heterocycles. The van der Waals surface area contributed by atoms with Gasteiger partial charge in [-0.2, -0.15) is 0 Å². The van der Waals surface area contributed by atoms with Gasteiger partial charge in [-0.1, -0.05) is 75.8 Å². The fourth-order valence-corrected chi connectivity index (χ4v) is 5.25. The molecule has 4 aromatic rings. The van der Waals surface area contributed by atoms with E-state index in [0.29, 0.717) is 41.8 Å². The van der Waals surface area contributed by atoms with E-state index in [1.807, 2.05) is 24.3 Å². The fourth-order valence-electron chi connectivity index (χ4n) is 5.25. The van der Waals surface area contributed by atoms with E-state index in [4.69, 9.17) is 28.4 Å². The topological polar surface area (TPSA) is 107 Å². The molecule has 0 N–H and O–H groups in total. The molecule has 1 atom stereocenters. The van der Waals surface area contributed by atoms with Crippen molar-refractivity contribution < 1.29 is 42.8 Å². The van der Waals surface area contributed by atoms with E-state index in [0.717, 1.165) is 49.0 Å². The van der Waals surface area contributed by atoms with Crippen molar-refractivity contribution in [2.45, 2.75) is 70.8 Å². The molecule has 9 heteroatoms. The summed E-state index contributed by atoms with van der Waals surface area (Å²) in [6.07, 6.45) is 10.4. The Hall–Kier alpha value is -5.57. The van der Waals surface area contributed by atoms with E-state index in [-0.39, 0.29) is 5.97 Å². The van der Waals surface area contributed by atoms with Crippen molar-refractivity contribution in [3.63, 3.8) is 0 Å². The van der Waals surface area contributed by atoms with Gasteiger partial charge in [-0.05, 0) is 104 Å². The number of ether oxygens (including phenoxy) is 6. The van der Waals surface area contributed by atoms with E-state index >= 15 is 0 Å². The third kappa shape index (κ3) is 13.6. The molecule has 4 rings (SSSR count). The molecule has 9 nitrogen and oxygen atoms in total. The Kier molecular flexibility index (Phi) is 16.3. The second-order valence-corrected chi connectivity index (χ2v) is 12.2. The van der Waals surface area contributed by atoms with Gasteiger partial charge in [0.1, 0.15) is 28.7 Å². The molecule has 0 fully saturated rings. The Bertz CT molecular complexity index is 1680. The van der Waals surface area contributed by atoms with Gasteiger partial charge in [-0.15, -0.1) is 0 Å². The third-order valence-corrected chi connectivity index (χ3v) is 8.23. The maximum Gasteiger partial charge on any atom is 0.352 e. The standard InChI is InChI=1S/C43H48O9/c1-4-41(44)49-31-13-11-9-7-5-6-8-10-12-30-48-37-20-18-35(19-21-37)43(46)52-40-24-16-34(17-25-40)33-14-22-39(23-15-33)51-42(45)32(2)50-38-28-26-36(47-3)27-29-38/h4,14-29,32H,1,5-13,30-31H2,2-3H3. The number of rotatable bonds is 22. The van der Waals surface area contributed by atoms with Crippen molar-refractivity contribution >= 4 is 17.9 Å². The van der Waals surface area contributed by atoms with Gasteiger partial charge in [0.15, 0.2) is 6.10 Å². The highest BCUT2D eigenvalue weighted by Crippen LogP contribution is 2.26. The quantitative estimate of drug-likeness (QED) is 0.0341. The predicted molar refractivity (Wildman–Crippen MR) is 200 cm³/mol. The second kappa shape index (κ2) is 21.6. The molecule has 0 bridgehead atoms. The van der Waals surface area contributed by atoms with E-state index in [1.54, 1.807) is 86.8 Å². The van der Waals surface area contributed by atoms with Gasteiger partial charge in [0, 0.05) is 6.08 Å². The number of methoxy groups -OCH3 is 1. The summed E-state index contributed by atoms with van der Waals surface area (Å²) in [5.74, 6) is 1.47. The van der Waals surface area contributed by atoms with Crippen molar-refractivity contribution in [2.75, 3.05) is 20.3 Å². The number of benzene rings is 4. The highest BCUT2D eigenvalue weighted by Gasteiger charge is 2.18. The van der Waals surface area contributed by atoms with E-state index < -0.39 is 18.0 Å². The summed E-state index contributed by atoms with van der Waals surface area (Å²) in [4.78, 5) is 36.3. The third-order valence-electron chi connectivity index (χ3n) is 8.23. The van der Waals surface area contributed by atoms with Crippen molar-refractivity contribution in [2.24, 2.45) is 0 Å². The highest BCUT2D eigenvalue weighted by molar-refractivity contribution is 5.91. The number of hydrogen-bond donors (Lipinski definition) is 0. The fraction of sp³-hybridized carbons (Fsp3) is 0.326. The maximum absolute atomic E-state index is 12.8.